The van der Waals surface area contributed by atoms with Gasteiger partial charge in [-0.15, -0.1) is 0 Å². The van der Waals surface area contributed by atoms with Gasteiger partial charge < -0.3 is 14.2 Å². The first-order chi connectivity index (χ1) is 14.6. The van der Waals surface area contributed by atoms with E-state index in [-0.39, 0.29) is 11.1 Å². The van der Waals surface area contributed by atoms with E-state index in [4.69, 9.17) is 4.74 Å². The molecule has 1 saturated heterocycles. The van der Waals surface area contributed by atoms with Gasteiger partial charge in [-0.25, -0.2) is 0 Å². The lowest BCUT2D eigenvalue weighted by Gasteiger charge is -2.35. The van der Waals surface area contributed by atoms with Gasteiger partial charge in [0.2, 0.25) is 0 Å². The van der Waals surface area contributed by atoms with Crippen LogP contribution in [0, 0.1) is 11.3 Å². The summed E-state index contributed by atoms with van der Waals surface area (Å²) in [5, 5.41) is 10.7. The van der Waals surface area contributed by atoms with Gasteiger partial charge in [0, 0.05) is 25.5 Å². The molecule has 2 heterocycles. The van der Waals surface area contributed by atoms with E-state index < -0.39 is 0 Å². The second-order valence-electron chi connectivity index (χ2n) is 7.90. The zero-order valence-corrected chi connectivity index (χ0v) is 17.6. The van der Waals surface area contributed by atoms with E-state index >= 15 is 0 Å². The van der Waals surface area contributed by atoms with Gasteiger partial charge in [-0.1, -0.05) is 37.3 Å². The van der Waals surface area contributed by atoms with Crippen LogP contribution in [-0.4, -0.2) is 24.3 Å². The van der Waals surface area contributed by atoms with E-state index in [1.165, 1.54) is 5.56 Å². The first-order valence-electron chi connectivity index (χ1n) is 10.6. The van der Waals surface area contributed by atoms with Crippen LogP contribution in [0.15, 0.2) is 53.3 Å². The molecule has 154 valence electrons. The molecule has 0 atom stereocenters. The maximum Gasteiger partial charge on any atom is 0.270 e. The molecule has 4 rings (SSSR count). The lowest BCUT2D eigenvalue weighted by Crippen LogP contribution is -2.35. The number of rotatable bonds is 5. The van der Waals surface area contributed by atoms with E-state index in [1.54, 1.807) is 11.6 Å². The highest BCUT2D eigenvalue weighted by Gasteiger charge is 2.25. The van der Waals surface area contributed by atoms with Crippen LogP contribution in [0.5, 0.6) is 5.75 Å². The van der Waals surface area contributed by atoms with Crippen LogP contribution in [0.1, 0.15) is 43.2 Å². The van der Waals surface area contributed by atoms with Crippen molar-refractivity contribution in [1.82, 2.24) is 4.57 Å². The van der Waals surface area contributed by atoms with Crippen molar-refractivity contribution >= 4 is 16.6 Å². The molecular weight excluding hydrogens is 374 g/mol. The van der Waals surface area contributed by atoms with Crippen molar-refractivity contribution in [2.24, 2.45) is 7.05 Å². The molecular formula is C25H27N3O2. The number of para-hydroxylation sites is 1. The van der Waals surface area contributed by atoms with E-state index in [9.17, 15) is 10.1 Å². The molecule has 1 aliphatic heterocycles. The largest absolute Gasteiger partial charge is 0.494 e. The molecule has 1 aromatic heterocycles. The Kier molecular flexibility index (Phi) is 5.76. The number of piperidine rings is 1. The average molecular weight is 402 g/mol. The van der Waals surface area contributed by atoms with Gasteiger partial charge in [0.05, 0.1) is 17.8 Å². The van der Waals surface area contributed by atoms with Gasteiger partial charge >= 0.3 is 0 Å². The minimum atomic E-state index is -0.226. The first-order valence-corrected chi connectivity index (χ1v) is 10.6. The topological polar surface area (TPSA) is 58.3 Å². The highest BCUT2D eigenvalue weighted by molar-refractivity contribution is 5.94. The summed E-state index contributed by atoms with van der Waals surface area (Å²) < 4.78 is 7.26. The number of aromatic nitrogens is 1. The van der Waals surface area contributed by atoms with Gasteiger partial charge in [-0.2, -0.15) is 5.26 Å². The van der Waals surface area contributed by atoms with Crippen LogP contribution >= 0.6 is 0 Å². The lowest BCUT2D eigenvalue weighted by molar-refractivity contribution is 0.317. The maximum atomic E-state index is 12.8. The second kappa shape index (κ2) is 8.62. The van der Waals surface area contributed by atoms with Gasteiger partial charge in [-0.05, 0) is 48.9 Å². The van der Waals surface area contributed by atoms with Gasteiger partial charge in [0.1, 0.15) is 17.4 Å². The summed E-state index contributed by atoms with van der Waals surface area (Å²) in [5.74, 6) is 1.40. The van der Waals surface area contributed by atoms with Crippen LogP contribution in [0.25, 0.3) is 10.9 Å². The molecule has 0 amide bonds. The van der Waals surface area contributed by atoms with Crippen molar-refractivity contribution in [3.63, 3.8) is 0 Å². The van der Waals surface area contributed by atoms with Crippen molar-refractivity contribution < 1.29 is 4.74 Å². The summed E-state index contributed by atoms with van der Waals surface area (Å²) in [6.07, 6.45) is 2.98. The first kappa shape index (κ1) is 20.0. The Morgan fingerprint density at radius 2 is 1.80 bits per heavy atom. The molecule has 0 N–H and O–H groups in total. The zero-order valence-electron chi connectivity index (χ0n) is 17.6. The van der Waals surface area contributed by atoms with Crippen molar-refractivity contribution in [2.45, 2.75) is 32.1 Å². The quantitative estimate of drug-likeness (QED) is 0.628. The third-order valence-electron chi connectivity index (χ3n) is 6.02. The van der Waals surface area contributed by atoms with Crippen molar-refractivity contribution in [3.05, 3.63) is 70.0 Å². The average Bonchev–Trinajstić information content (AvgIpc) is 2.80. The fraction of sp³-hybridized carbons (Fsp3) is 0.360. The molecule has 0 radical (unpaired) electrons. The molecule has 3 aromatic rings. The molecule has 0 unspecified atom stereocenters. The van der Waals surface area contributed by atoms with Crippen LogP contribution in [0.3, 0.4) is 0 Å². The summed E-state index contributed by atoms with van der Waals surface area (Å²) in [6.45, 7) is 4.49. The maximum absolute atomic E-state index is 12.8. The molecule has 1 fully saturated rings. The molecule has 0 saturated carbocycles. The smallest absolute Gasteiger partial charge is 0.270 e. The molecule has 5 nitrogen and oxygen atoms in total. The highest BCUT2D eigenvalue weighted by Crippen LogP contribution is 2.35. The number of hydrogen-bond donors (Lipinski definition) is 0. The molecule has 0 aliphatic carbocycles. The summed E-state index contributed by atoms with van der Waals surface area (Å²) in [4.78, 5) is 15.0. The molecule has 0 spiro atoms. The molecule has 2 aromatic carbocycles. The SMILES string of the molecule is CCCOc1ccc(C2CCN(c3c(C#N)c(=O)n(C)c4ccccc34)CC2)cc1. The number of anilines is 1. The number of aryl methyl sites for hydroxylation is 1. The number of hydrogen-bond acceptors (Lipinski definition) is 4. The second-order valence-corrected chi connectivity index (χ2v) is 7.90. The zero-order chi connectivity index (χ0) is 21.1. The Morgan fingerprint density at radius 3 is 2.47 bits per heavy atom. The predicted octanol–water partition coefficient (Wildman–Crippen LogP) is 4.58. The number of ether oxygens (including phenoxy) is 1. The van der Waals surface area contributed by atoms with Crippen LogP contribution in [0.4, 0.5) is 5.69 Å². The minimum absolute atomic E-state index is 0.226. The monoisotopic (exact) mass is 401 g/mol. The third kappa shape index (κ3) is 3.66. The van der Waals surface area contributed by atoms with Crippen LogP contribution < -0.4 is 15.2 Å². The molecule has 5 heteroatoms. The van der Waals surface area contributed by atoms with Crippen LogP contribution in [0.2, 0.25) is 0 Å². The predicted molar refractivity (Wildman–Crippen MR) is 120 cm³/mol. The minimum Gasteiger partial charge on any atom is -0.494 e. The molecule has 0 bridgehead atoms. The van der Waals surface area contributed by atoms with Crippen LogP contribution in [-0.2, 0) is 7.05 Å². The fourth-order valence-corrected chi connectivity index (χ4v) is 4.40. The highest BCUT2D eigenvalue weighted by atomic mass is 16.5. The van der Waals surface area contributed by atoms with E-state index in [1.807, 2.05) is 24.3 Å². The van der Waals surface area contributed by atoms with Gasteiger partial charge in [-0.3, -0.25) is 4.79 Å². The number of pyridine rings is 1. The van der Waals surface area contributed by atoms with E-state index in [2.05, 4.69) is 42.2 Å². The number of nitrogens with zero attached hydrogens (tertiary/aromatic N) is 3. The molecule has 30 heavy (non-hydrogen) atoms. The standard InChI is InChI=1S/C25H27N3O2/c1-3-16-30-20-10-8-18(9-11-20)19-12-14-28(15-13-19)24-21-6-4-5-7-23(21)27(2)25(29)22(24)17-26/h4-11,19H,3,12-16H2,1-2H3. The van der Waals surface area contributed by atoms with Gasteiger partial charge in [0.25, 0.3) is 5.56 Å². The number of nitriles is 1. The Bertz CT molecular complexity index is 1130. The van der Waals surface area contributed by atoms with Gasteiger partial charge in [0.15, 0.2) is 0 Å². The van der Waals surface area contributed by atoms with Crippen molar-refractivity contribution in [2.75, 3.05) is 24.6 Å². The number of benzene rings is 2. The summed E-state index contributed by atoms with van der Waals surface area (Å²) in [5.41, 5.74) is 3.00. The number of fused-ring (bicyclic) bond motifs is 1. The Labute approximate surface area is 177 Å². The summed E-state index contributed by atoms with van der Waals surface area (Å²) in [7, 11) is 1.73. The summed E-state index contributed by atoms with van der Waals surface area (Å²) in [6, 6.07) is 18.5. The van der Waals surface area contributed by atoms with Crippen molar-refractivity contribution in [1.29, 1.82) is 5.26 Å². The van der Waals surface area contributed by atoms with Crippen molar-refractivity contribution in [3.8, 4) is 11.8 Å². The van der Waals surface area contributed by atoms with E-state index in [0.29, 0.717) is 5.92 Å². The normalized spacial score (nSPS) is 14.6. The Hall–Kier alpha value is -3.26. The summed E-state index contributed by atoms with van der Waals surface area (Å²) >= 11 is 0. The third-order valence-corrected chi connectivity index (χ3v) is 6.02. The molecule has 1 aliphatic rings. The Morgan fingerprint density at radius 1 is 1.10 bits per heavy atom. The Balaban J connectivity index is 1.58. The van der Waals surface area contributed by atoms with E-state index in [0.717, 1.165) is 61.3 Å². The fourth-order valence-electron chi connectivity index (χ4n) is 4.40. The lowest BCUT2D eigenvalue weighted by atomic mass is 9.89.